The number of aliphatic hydroxyl groups excluding tert-OH is 1. The van der Waals surface area contributed by atoms with Gasteiger partial charge in [0.2, 0.25) is 0 Å². The summed E-state index contributed by atoms with van der Waals surface area (Å²) in [6.45, 7) is 3.86. The van der Waals surface area contributed by atoms with Crippen molar-refractivity contribution in [3.8, 4) is 0 Å². The fourth-order valence-corrected chi connectivity index (χ4v) is 0.453. The molecular weight excluding hydrogens is 104 g/mol. The molecule has 1 N–H and O–H groups in total. The predicted molar refractivity (Wildman–Crippen MR) is 32.7 cm³/mol. The lowest BCUT2D eigenvalue weighted by molar-refractivity contribution is 0.0667. The zero-order valence-electron chi connectivity index (χ0n) is 5.13. The van der Waals surface area contributed by atoms with Crippen molar-refractivity contribution < 1.29 is 9.84 Å². The Kier molecular flexibility index (Phi) is 4.61. The Labute approximate surface area is 49.8 Å². The maximum absolute atomic E-state index is 8.85. The smallest absolute Gasteiger partial charge is 0.0807 e. The Morgan fingerprint density at radius 3 is 2.88 bits per heavy atom. The van der Waals surface area contributed by atoms with Crippen LogP contribution in [0.4, 0.5) is 0 Å². The quantitative estimate of drug-likeness (QED) is 0.544. The molecule has 0 saturated heterocycles. The molecule has 0 aliphatic rings. The number of hydrogen-bond donors (Lipinski definition) is 1. The van der Waals surface area contributed by atoms with E-state index in [1.807, 2.05) is 0 Å². The molecule has 0 fully saturated rings. The summed E-state index contributed by atoms with van der Waals surface area (Å²) in [4.78, 5) is 0. The van der Waals surface area contributed by atoms with Crippen molar-refractivity contribution in [3.05, 3.63) is 12.7 Å². The molecule has 0 saturated carbocycles. The molecule has 0 radical (unpaired) electrons. The Hall–Kier alpha value is -0.340. The first-order valence-electron chi connectivity index (χ1n) is 2.59. The zero-order valence-corrected chi connectivity index (χ0v) is 5.13. The monoisotopic (exact) mass is 116 g/mol. The van der Waals surface area contributed by atoms with Crippen LogP contribution in [-0.2, 0) is 4.74 Å². The van der Waals surface area contributed by atoms with Gasteiger partial charge in [0.25, 0.3) is 0 Å². The van der Waals surface area contributed by atoms with Crippen LogP contribution in [0.25, 0.3) is 0 Å². The van der Waals surface area contributed by atoms with Gasteiger partial charge < -0.3 is 9.84 Å². The molecule has 48 valence electrons. The number of aliphatic hydroxyl groups is 1. The second-order valence-corrected chi connectivity index (χ2v) is 1.63. The Morgan fingerprint density at radius 2 is 2.50 bits per heavy atom. The van der Waals surface area contributed by atoms with Gasteiger partial charge in [-0.3, -0.25) is 0 Å². The van der Waals surface area contributed by atoms with Crippen molar-refractivity contribution in [1.82, 2.24) is 0 Å². The number of hydrogen-bond acceptors (Lipinski definition) is 2. The van der Waals surface area contributed by atoms with E-state index in [4.69, 9.17) is 5.11 Å². The van der Waals surface area contributed by atoms with Crippen LogP contribution in [0.1, 0.15) is 6.42 Å². The van der Waals surface area contributed by atoms with Gasteiger partial charge in [0.15, 0.2) is 0 Å². The van der Waals surface area contributed by atoms with Gasteiger partial charge in [-0.05, 0) is 6.42 Å². The number of methoxy groups -OCH3 is 1. The highest BCUT2D eigenvalue weighted by Gasteiger charge is 1.96. The van der Waals surface area contributed by atoms with Crippen LogP contribution in [0.5, 0.6) is 0 Å². The lowest BCUT2D eigenvalue weighted by atomic mass is 10.3. The topological polar surface area (TPSA) is 29.5 Å². The van der Waals surface area contributed by atoms with E-state index in [-0.39, 0.29) is 6.10 Å². The van der Waals surface area contributed by atoms with E-state index in [1.165, 1.54) is 0 Å². The molecule has 0 rings (SSSR count). The second kappa shape index (κ2) is 4.81. The Morgan fingerprint density at radius 1 is 1.88 bits per heavy atom. The fourth-order valence-electron chi connectivity index (χ4n) is 0.453. The Bertz CT molecular complexity index is 61.5. The third-order valence-electron chi connectivity index (χ3n) is 0.798. The average molecular weight is 116 g/mol. The van der Waals surface area contributed by atoms with Gasteiger partial charge in [-0.15, -0.1) is 6.58 Å². The largest absolute Gasteiger partial charge is 0.390 e. The van der Waals surface area contributed by atoms with Crippen LogP contribution >= 0.6 is 0 Å². The van der Waals surface area contributed by atoms with Gasteiger partial charge in [-0.25, -0.2) is 0 Å². The highest BCUT2D eigenvalue weighted by Crippen LogP contribution is 1.90. The molecule has 0 unspecified atom stereocenters. The minimum absolute atomic E-state index is 0.377. The summed E-state index contributed by atoms with van der Waals surface area (Å²) < 4.78 is 4.66. The van der Waals surface area contributed by atoms with Crippen LogP contribution in [0.2, 0.25) is 0 Å². The summed E-state index contributed by atoms with van der Waals surface area (Å²) in [6, 6.07) is 0. The molecule has 8 heavy (non-hydrogen) atoms. The first-order chi connectivity index (χ1) is 3.81. The molecule has 0 heterocycles. The summed E-state index contributed by atoms with van der Waals surface area (Å²) >= 11 is 0. The normalized spacial score (nSPS) is 13.2. The van der Waals surface area contributed by atoms with Gasteiger partial charge in [0.1, 0.15) is 0 Å². The lowest BCUT2D eigenvalue weighted by Gasteiger charge is -2.03. The molecule has 2 heteroatoms. The molecule has 0 bridgehead atoms. The number of ether oxygens (including phenoxy) is 1. The van der Waals surface area contributed by atoms with Crippen molar-refractivity contribution in [2.45, 2.75) is 12.5 Å². The summed E-state index contributed by atoms with van der Waals surface area (Å²) in [7, 11) is 1.56. The van der Waals surface area contributed by atoms with E-state index in [0.29, 0.717) is 13.0 Å². The van der Waals surface area contributed by atoms with Gasteiger partial charge in [-0.1, -0.05) is 6.08 Å². The highest BCUT2D eigenvalue weighted by molar-refractivity contribution is 4.71. The zero-order chi connectivity index (χ0) is 6.41. The van der Waals surface area contributed by atoms with Gasteiger partial charge in [0.05, 0.1) is 12.7 Å². The summed E-state index contributed by atoms with van der Waals surface area (Å²) in [5, 5.41) is 8.85. The van der Waals surface area contributed by atoms with Crippen LogP contribution in [0, 0.1) is 0 Å². The fraction of sp³-hybridized carbons (Fsp3) is 0.667. The Balaban J connectivity index is 3.03. The molecule has 2 nitrogen and oxygen atoms in total. The van der Waals surface area contributed by atoms with E-state index in [0.717, 1.165) is 0 Å². The first-order valence-corrected chi connectivity index (χ1v) is 2.59. The van der Waals surface area contributed by atoms with Crippen molar-refractivity contribution in [2.75, 3.05) is 13.7 Å². The maximum atomic E-state index is 8.85. The van der Waals surface area contributed by atoms with Crippen LogP contribution < -0.4 is 0 Å². The van der Waals surface area contributed by atoms with Crippen molar-refractivity contribution in [3.63, 3.8) is 0 Å². The SMILES string of the molecule is C=CC[C@@H](O)COC. The van der Waals surface area contributed by atoms with Crippen LogP contribution in [0.15, 0.2) is 12.7 Å². The molecular formula is C6H12O2. The van der Waals surface area contributed by atoms with Crippen molar-refractivity contribution >= 4 is 0 Å². The molecule has 0 aliphatic carbocycles. The van der Waals surface area contributed by atoms with Crippen LogP contribution in [-0.4, -0.2) is 24.9 Å². The molecule has 0 amide bonds. The van der Waals surface area contributed by atoms with E-state index in [1.54, 1.807) is 13.2 Å². The highest BCUT2D eigenvalue weighted by atomic mass is 16.5. The van der Waals surface area contributed by atoms with E-state index < -0.39 is 0 Å². The van der Waals surface area contributed by atoms with Gasteiger partial charge in [-0.2, -0.15) is 0 Å². The molecule has 0 aromatic heterocycles. The molecule has 0 aliphatic heterocycles. The lowest BCUT2D eigenvalue weighted by Crippen LogP contribution is -2.11. The molecule has 1 atom stereocenters. The van der Waals surface area contributed by atoms with Gasteiger partial charge >= 0.3 is 0 Å². The van der Waals surface area contributed by atoms with E-state index in [2.05, 4.69) is 11.3 Å². The van der Waals surface area contributed by atoms with E-state index in [9.17, 15) is 0 Å². The summed E-state index contributed by atoms with van der Waals surface area (Å²) in [5.41, 5.74) is 0. The third-order valence-corrected chi connectivity index (χ3v) is 0.798. The second-order valence-electron chi connectivity index (χ2n) is 1.63. The van der Waals surface area contributed by atoms with Crippen LogP contribution in [0.3, 0.4) is 0 Å². The van der Waals surface area contributed by atoms with Crippen molar-refractivity contribution in [2.24, 2.45) is 0 Å². The molecule has 0 spiro atoms. The predicted octanol–water partition coefficient (Wildman–Crippen LogP) is 0.570. The molecule has 0 aromatic rings. The average Bonchev–Trinajstić information content (AvgIpc) is 1.68. The molecule has 0 aromatic carbocycles. The van der Waals surface area contributed by atoms with Gasteiger partial charge in [0, 0.05) is 7.11 Å². The summed E-state index contributed by atoms with van der Waals surface area (Å²) in [6.07, 6.45) is 1.90. The third kappa shape index (κ3) is 3.84. The van der Waals surface area contributed by atoms with E-state index >= 15 is 0 Å². The standard InChI is InChI=1S/C6H12O2/c1-3-4-6(7)5-8-2/h3,6-7H,1,4-5H2,2H3/t6-/m1/s1. The minimum atomic E-state index is -0.377. The first kappa shape index (κ1) is 7.66. The number of rotatable bonds is 4. The maximum Gasteiger partial charge on any atom is 0.0807 e. The minimum Gasteiger partial charge on any atom is -0.390 e. The summed E-state index contributed by atoms with van der Waals surface area (Å²) in [5.74, 6) is 0. The van der Waals surface area contributed by atoms with Crippen molar-refractivity contribution in [1.29, 1.82) is 0 Å².